The third kappa shape index (κ3) is 3.93. The molecule has 2 aromatic carbocycles. The Morgan fingerprint density at radius 1 is 1.07 bits per heavy atom. The molecule has 3 amide bonds. The molecule has 0 saturated heterocycles. The number of nitrogens with one attached hydrogen (secondary N) is 1. The fourth-order valence-electron chi connectivity index (χ4n) is 3.13. The number of carbonyl (C=O) groups excluding carboxylic acids is 3. The van der Waals surface area contributed by atoms with Gasteiger partial charge in [-0.25, -0.2) is 9.37 Å². The van der Waals surface area contributed by atoms with Gasteiger partial charge in [0, 0.05) is 23.9 Å². The quantitative estimate of drug-likeness (QED) is 0.625. The maximum Gasteiger partial charge on any atom is 0.261 e. The normalized spacial score (nSPS) is 12.9. The lowest BCUT2D eigenvalue weighted by Crippen LogP contribution is -2.31. The Hall–Kier alpha value is -3.39. The van der Waals surface area contributed by atoms with E-state index in [0.29, 0.717) is 33.9 Å². The molecule has 8 heteroatoms. The first-order valence-corrected chi connectivity index (χ1v) is 9.87. The number of thiazole rings is 1. The SMILES string of the molecule is O=C(CCCN1C(=O)c2ccccc2C1=O)Nc1nc(-c2cccc(F)c2)cs1. The van der Waals surface area contributed by atoms with Gasteiger partial charge >= 0.3 is 0 Å². The summed E-state index contributed by atoms with van der Waals surface area (Å²) in [7, 11) is 0. The van der Waals surface area contributed by atoms with Gasteiger partial charge in [0.15, 0.2) is 5.13 Å². The van der Waals surface area contributed by atoms with Crippen LogP contribution in [-0.4, -0.2) is 34.2 Å². The van der Waals surface area contributed by atoms with Gasteiger partial charge in [0.1, 0.15) is 5.82 Å². The number of nitrogens with zero attached hydrogens (tertiary/aromatic N) is 2. The highest BCUT2D eigenvalue weighted by molar-refractivity contribution is 7.14. The molecule has 0 atom stereocenters. The van der Waals surface area contributed by atoms with Crippen LogP contribution in [0.15, 0.2) is 53.9 Å². The Morgan fingerprint density at radius 2 is 1.79 bits per heavy atom. The standard InChI is InChI=1S/C21H16FN3O3S/c22-14-6-3-5-13(11-14)17-12-29-21(23-17)24-18(26)9-4-10-25-19(27)15-7-1-2-8-16(15)20(25)28/h1-3,5-8,11-12H,4,9-10H2,(H,23,24,26). The minimum absolute atomic E-state index is 0.141. The Morgan fingerprint density at radius 3 is 2.48 bits per heavy atom. The van der Waals surface area contributed by atoms with Crippen molar-refractivity contribution in [3.8, 4) is 11.3 Å². The second-order valence-electron chi connectivity index (χ2n) is 6.51. The Kier molecular flexibility index (Phi) is 5.18. The first-order valence-electron chi connectivity index (χ1n) is 8.99. The summed E-state index contributed by atoms with van der Waals surface area (Å²) in [5, 5.41) is 4.85. The third-order valence-electron chi connectivity index (χ3n) is 4.53. The average molecular weight is 409 g/mol. The van der Waals surface area contributed by atoms with E-state index in [1.165, 1.54) is 28.4 Å². The van der Waals surface area contributed by atoms with Gasteiger partial charge in [-0.1, -0.05) is 24.3 Å². The van der Waals surface area contributed by atoms with Crippen molar-refractivity contribution in [3.63, 3.8) is 0 Å². The van der Waals surface area contributed by atoms with Crippen LogP contribution in [0.4, 0.5) is 9.52 Å². The van der Waals surface area contributed by atoms with Crippen LogP contribution in [0.2, 0.25) is 0 Å². The van der Waals surface area contributed by atoms with Gasteiger partial charge in [-0.05, 0) is 30.7 Å². The lowest BCUT2D eigenvalue weighted by molar-refractivity contribution is -0.116. The number of rotatable bonds is 6. The van der Waals surface area contributed by atoms with Crippen molar-refractivity contribution in [1.82, 2.24) is 9.88 Å². The summed E-state index contributed by atoms with van der Waals surface area (Å²) in [6.45, 7) is 0.173. The van der Waals surface area contributed by atoms with Gasteiger partial charge in [0.25, 0.3) is 11.8 Å². The minimum Gasteiger partial charge on any atom is -0.302 e. The van der Waals surface area contributed by atoms with Crippen molar-refractivity contribution in [1.29, 1.82) is 0 Å². The average Bonchev–Trinajstić information content (AvgIpc) is 3.27. The van der Waals surface area contributed by atoms with Gasteiger partial charge in [-0.15, -0.1) is 11.3 Å². The predicted molar refractivity (Wildman–Crippen MR) is 107 cm³/mol. The van der Waals surface area contributed by atoms with Gasteiger partial charge in [-0.3, -0.25) is 19.3 Å². The molecule has 1 N–H and O–H groups in total. The van der Waals surface area contributed by atoms with Gasteiger partial charge in [0.2, 0.25) is 5.91 Å². The van der Waals surface area contributed by atoms with Crippen molar-refractivity contribution in [2.45, 2.75) is 12.8 Å². The summed E-state index contributed by atoms with van der Waals surface area (Å²) in [6, 6.07) is 12.8. The van der Waals surface area contributed by atoms with Crippen molar-refractivity contribution in [2.75, 3.05) is 11.9 Å². The Balaban J connectivity index is 1.30. The van der Waals surface area contributed by atoms with E-state index in [1.807, 2.05) is 0 Å². The van der Waals surface area contributed by atoms with Crippen LogP contribution < -0.4 is 5.32 Å². The summed E-state index contributed by atoms with van der Waals surface area (Å²) in [6.07, 6.45) is 0.488. The van der Waals surface area contributed by atoms with E-state index in [2.05, 4.69) is 10.3 Å². The summed E-state index contributed by atoms with van der Waals surface area (Å²) in [5.41, 5.74) is 2.01. The molecule has 0 radical (unpaired) electrons. The van der Waals surface area contributed by atoms with Crippen LogP contribution in [0, 0.1) is 5.82 Å². The number of aromatic nitrogens is 1. The molecule has 0 saturated carbocycles. The number of anilines is 1. The molecule has 0 fully saturated rings. The van der Waals surface area contributed by atoms with Gasteiger partial charge in [0.05, 0.1) is 16.8 Å². The van der Waals surface area contributed by atoms with Crippen LogP contribution in [0.3, 0.4) is 0 Å². The highest BCUT2D eigenvalue weighted by Crippen LogP contribution is 2.26. The number of hydrogen-bond donors (Lipinski definition) is 1. The Bertz CT molecular complexity index is 1080. The molecule has 3 aromatic rings. The molecule has 0 unspecified atom stereocenters. The highest BCUT2D eigenvalue weighted by atomic mass is 32.1. The molecule has 0 aliphatic carbocycles. The van der Waals surface area contributed by atoms with E-state index in [9.17, 15) is 18.8 Å². The summed E-state index contributed by atoms with van der Waals surface area (Å²) < 4.78 is 13.3. The van der Waals surface area contributed by atoms with Crippen LogP contribution >= 0.6 is 11.3 Å². The van der Waals surface area contributed by atoms with Crippen LogP contribution in [0.1, 0.15) is 33.6 Å². The van der Waals surface area contributed by atoms with Crippen molar-refractivity contribution >= 4 is 34.2 Å². The lowest BCUT2D eigenvalue weighted by atomic mass is 10.1. The third-order valence-corrected chi connectivity index (χ3v) is 5.29. The van der Waals surface area contributed by atoms with Crippen LogP contribution in [0.5, 0.6) is 0 Å². The fourth-order valence-corrected chi connectivity index (χ4v) is 3.87. The van der Waals surface area contributed by atoms with E-state index >= 15 is 0 Å². The zero-order chi connectivity index (χ0) is 20.4. The molecular weight excluding hydrogens is 393 g/mol. The number of benzene rings is 2. The number of carbonyl (C=O) groups is 3. The first kappa shape index (κ1) is 18.9. The summed E-state index contributed by atoms with van der Waals surface area (Å²) in [4.78, 5) is 42.3. The van der Waals surface area contributed by atoms with Crippen LogP contribution in [-0.2, 0) is 4.79 Å². The zero-order valence-electron chi connectivity index (χ0n) is 15.2. The topological polar surface area (TPSA) is 79.4 Å². The molecule has 29 heavy (non-hydrogen) atoms. The molecule has 1 aromatic heterocycles. The Labute approximate surface area is 170 Å². The van der Waals surface area contributed by atoms with E-state index in [4.69, 9.17) is 0 Å². The van der Waals surface area contributed by atoms with Crippen molar-refractivity contribution in [2.24, 2.45) is 0 Å². The largest absolute Gasteiger partial charge is 0.302 e. The molecule has 146 valence electrons. The molecular formula is C21H16FN3O3S. The lowest BCUT2D eigenvalue weighted by Gasteiger charge is -2.13. The van der Waals surface area contributed by atoms with Gasteiger partial charge < -0.3 is 5.32 Å². The highest BCUT2D eigenvalue weighted by Gasteiger charge is 2.34. The second-order valence-corrected chi connectivity index (χ2v) is 7.37. The monoisotopic (exact) mass is 409 g/mol. The number of hydrogen-bond acceptors (Lipinski definition) is 5. The molecule has 6 nitrogen and oxygen atoms in total. The minimum atomic E-state index is -0.353. The predicted octanol–water partition coefficient (Wildman–Crippen LogP) is 3.96. The molecule has 2 heterocycles. The van der Waals surface area contributed by atoms with Crippen molar-refractivity contribution < 1.29 is 18.8 Å². The molecule has 0 bridgehead atoms. The number of amides is 3. The van der Waals surface area contributed by atoms with E-state index in [-0.39, 0.29) is 36.5 Å². The second kappa shape index (κ2) is 7.92. The van der Waals surface area contributed by atoms with E-state index in [0.717, 1.165) is 0 Å². The molecule has 1 aliphatic heterocycles. The zero-order valence-corrected chi connectivity index (χ0v) is 16.0. The summed E-state index contributed by atoms with van der Waals surface area (Å²) >= 11 is 1.25. The molecule has 0 spiro atoms. The number of fused-ring (bicyclic) bond motifs is 1. The van der Waals surface area contributed by atoms with Gasteiger partial charge in [-0.2, -0.15) is 0 Å². The first-order chi connectivity index (χ1) is 14.0. The molecule has 1 aliphatic rings. The smallest absolute Gasteiger partial charge is 0.261 e. The van der Waals surface area contributed by atoms with E-state index < -0.39 is 0 Å². The maximum atomic E-state index is 13.3. The van der Waals surface area contributed by atoms with Crippen molar-refractivity contribution in [3.05, 3.63) is 70.9 Å². The van der Waals surface area contributed by atoms with E-state index in [1.54, 1.807) is 41.8 Å². The fraction of sp³-hybridized carbons (Fsp3) is 0.143. The summed E-state index contributed by atoms with van der Waals surface area (Å²) in [5.74, 6) is -1.27. The number of halogens is 1. The number of imide groups is 1. The molecule has 4 rings (SSSR count). The van der Waals surface area contributed by atoms with Crippen LogP contribution in [0.25, 0.3) is 11.3 Å². The maximum absolute atomic E-state index is 13.3.